The summed E-state index contributed by atoms with van der Waals surface area (Å²) in [5, 5.41) is 3.05. The van der Waals surface area contributed by atoms with E-state index in [9.17, 15) is 4.39 Å². The number of aromatic nitrogens is 4. The highest BCUT2D eigenvalue weighted by atomic mass is 19.1. The Morgan fingerprint density at radius 3 is 2.59 bits per heavy atom. The minimum Gasteiger partial charge on any atom is -0.496 e. The van der Waals surface area contributed by atoms with Gasteiger partial charge in [-0.15, -0.1) is 0 Å². The summed E-state index contributed by atoms with van der Waals surface area (Å²) in [5.74, 6) is 2.22. The molecule has 1 atom stereocenters. The van der Waals surface area contributed by atoms with Crippen LogP contribution in [0.4, 0.5) is 10.3 Å². The number of fused-ring (bicyclic) bond motifs is 1. The Kier molecular flexibility index (Phi) is 8.18. The van der Waals surface area contributed by atoms with Gasteiger partial charge in [0.1, 0.15) is 17.4 Å². The van der Waals surface area contributed by atoms with E-state index in [0.717, 1.165) is 73.2 Å². The molecule has 0 saturated heterocycles. The van der Waals surface area contributed by atoms with Gasteiger partial charge in [-0.3, -0.25) is 4.90 Å². The van der Waals surface area contributed by atoms with Gasteiger partial charge in [-0.05, 0) is 56.9 Å². The molecule has 204 valence electrons. The number of ether oxygens (including phenoxy) is 1. The fourth-order valence-corrected chi connectivity index (χ4v) is 5.26. The summed E-state index contributed by atoms with van der Waals surface area (Å²) in [6.45, 7) is 3.51. The van der Waals surface area contributed by atoms with Crippen LogP contribution < -0.4 is 10.1 Å². The normalized spacial score (nSPS) is 14.7. The maximum absolute atomic E-state index is 13.8. The van der Waals surface area contributed by atoms with Gasteiger partial charge in [0.2, 0.25) is 5.95 Å². The first-order valence-corrected chi connectivity index (χ1v) is 13.3. The van der Waals surface area contributed by atoms with Crippen molar-refractivity contribution < 1.29 is 9.13 Å². The second kappa shape index (κ2) is 11.9. The number of halogens is 1. The smallest absolute Gasteiger partial charge is 0.222 e. The van der Waals surface area contributed by atoms with Crippen LogP contribution in [0.3, 0.4) is 0 Å². The number of aryl methyl sites for hydroxylation is 1. The van der Waals surface area contributed by atoms with Gasteiger partial charge in [-0.25, -0.2) is 19.3 Å². The molecule has 2 aromatic heterocycles. The van der Waals surface area contributed by atoms with Gasteiger partial charge in [-0.2, -0.15) is 0 Å². The first-order valence-electron chi connectivity index (χ1n) is 13.3. The summed E-state index contributed by atoms with van der Waals surface area (Å²) in [5.41, 5.74) is 4.60. The van der Waals surface area contributed by atoms with Crippen molar-refractivity contribution >= 4 is 5.95 Å². The maximum atomic E-state index is 13.8. The molecule has 0 saturated carbocycles. The monoisotopic (exact) mass is 529 g/mol. The van der Waals surface area contributed by atoms with Crippen molar-refractivity contribution in [3.05, 3.63) is 78.0 Å². The van der Waals surface area contributed by atoms with Crippen LogP contribution in [-0.4, -0.2) is 77.2 Å². The van der Waals surface area contributed by atoms with Crippen molar-refractivity contribution in [2.75, 3.05) is 53.2 Å². The van der Waals surface area contributed by atoms with Crippen LogP contribution in [0.25, 0.3) is 22.6 Å². The standard InChI is InChI=1S/C30H36FN7O/c1-32-30-33-16-15-25(34-30)29-28(21-9-11-23(31)12-10-21)35-27-14-13-24(38(27)29)20-37(18-17-36(2)3)19-22-7-5-6-8-26(22)39-4/h5-12,15-16,24H,13-14,17-20H2,1-4H3,(H,32,33,34). The largest absolute Gasteiger partial charge is 0.496 e. The van der Waals surface area contributed by atoms with Crippen LogP contribution >= 0.6 is 0 Å². The molecule has 0 radical (unpaired) electrons. The van der Waals surface area contributed by atoms with Gasteiger partial charge in [0, 0.05) is 63.0 Å². The summed E-state index contributed by atoms with van der Waals surface area (Å²) in [6.07, 6.45) is 3.63. The molecule has 0 spiro atoms. The van der Waals surface area contributed by atoms with Crippen molar-refractivity contribution in [3.63, 3.8) is 0 Å². The average Bonchev–Trinajstić information content (AvgIpc) is 3.52. The molecule has 0 bridgehead atoms. The zero-order valence-corrected chi connectivity index (χ0v) is 23.1. The lowest BCUT2D eigenvalue weighted by atomic mass is 10.1. The number of anilines is 1. The Morgan fingerprint density at radius 1 is 1.05 bits per heavy atom. The van der Waals surface area contributed by atoms with E-state index in [1.807, 2.05) is 25.2 Å². The van der Waals surface area contributed by atoms with E-state index in [0.29, 0.717) is 5.95 Å². The molecule has 2 aromatic carbocycles. The predicted molar refractivity (Wildman–Crippen MR) is 152 cm³/mol. The molecule has 3 heterocycles. The van der Waals surface area contributed by atoms with Gasteiger partial charge in [-0.1, -0.05) is 18.2 Å². The number of nitrogens with zero attached hydrogens (tertiary/aromatic N) is 6. The van der Waals surface area contributed by atoms with Crippen molar-refractivity contribution in [1.82, 2.24) is 29.3 Å². The van der Waals surface area contributed by atoms with E-state index >= 15 is 0 Å². The van der Waals surface area contributed by atoms with Gasteiger partial charge in [0.15, 0.2) is 0 Å². The molecule has 1 aliphatic heterocycles. The molecule has 1 unspecified atom stereocenters. The zero-order chi connectivity index (χ0) is 27.4. The third-order valence-electron chi connectivity index (χ3n) is 7.21. The summed E-state index contributed by atoms with van der Waals surface area (Å²) >= 11 is 0. The first kappa shape index (κ1) is 26.8. The van der Waals surface area contributed by atoms with Crippen LogP contribution in [-0.2, 0) is 13.0 Å². The van der Waals surface area contributed by atoms with E-state index in [1.165, 1.54) is 17.7 Å². The molecule has 0 amide bonds. The summed E-state index contributed by atoms with van der Waals surface area (Å²) < 4.78 is 21.8. The van der Waals surface area contributed by atoms with E-state index in [2.05, 4.69) is 50.9 Å². The number of nitrogens with one attached hydrogen (secondary N) is 1. The first-order chi connectivity index (χ1) is 19.0. The number of methoxy groups -OCH3 is 1. The number of hydrogen-bond donors (Lipinski definition) is 1. The molecule has 9 heteroatoms. The fourth-order valence-electron chi connectivity index (χ4n) is 5.26. The van der Waals surface area contributed by atoms with Gasteiger partial charge < -0.3 is 19.5 Å². The Bertz CT molecular complexity index is 1400. The molecule has 0 fully saturated rings. The molecular formula is C30H36FN7O. The molecule has 1 N–H and O–H groups in total. The minimum atomic E-state index is -0.266. The Morgan fingerprint density at radius 2 is 1.85 bits per heavy atom. The van der Waals surface area contributed by atoms with E-state index < -0.39 is 0 Å². The second-order valence-corrected chi connectivity index (χ2v) is 10.2. The van der Waals surface area contributed by atoms with Gasteiger partial charge in [0.25, 0.3) is 0 Å². The van der Waals surface area contributed by atoms with Crippen LogP contribution in [0.15, 0.2) is 60.8 Å². The SMILES string of the molecule is CNc1nccc(-c2c(-c3ccc(F)cc3)nc3n2C(CN(CCN(C)C)Cc2ccccc2OC)CC3)n1. The number of rotatable bonds is 11. The molecule has 5 rings (SSSR count). The summed E-state index contributed by atoms with van der Waals surface area (Å²) in [6, 6.07) is 16.9. The van der Waals surface area contributed by atoms with Crippen LogP contribution in [0.1, 0.15) is 23.9 Å². The Balaban J connectivity index is 1.54. The van der Waals surface area contributed by atoms with E-state index in [-0.39, 0.29) is 11.9 Å². The molecule has 0 aliphatic carbocycles. The van der Waals surface area contributed by atoms with Crippen LogP contribution in [0, 0.1) is 5.82 Å². The average molecular weight is 530 g/mol. The second-order valence-electron chi connectivity index (χ2n) is 10.2. The van der Waals surface area contributed by atoms with Crippen LogP contribution in [0.5, 0.6) is 5.75 Å². The Hall–Kier alpha value is -3.82. The summed E-state index contributed by atoms with van der Waals surface area (Å²) in [7, 11) is 7.74. The topological polar surface area (TPSA) is 71.3 Å². The fraction of sp³-hybridized carbons (Fsp3) is 0.367. The van der Waals surface area contributed by atoms with Crippen molar-refractivity contribution in [2.24, 2.45) is 0 Å². The van der Waals surface area contributed by atoms with E-state index in [4.69, 9.17) is 14.7 Å². The maximum Gasteiger partial charge on any atom is 0.222 e. The zero-order valence-electron chi connectivity index (χ0n) is 23.1. The molecule has 8 nitrogen and oxygen atoms in total. The van der Waals surface area contributed by atoms with Crippen LogP contribution in [0.2, 0.25) is 0 Å². The third-order valence-corrected chi connectivity index (χ3v) is 7.21. The number of imidazole rings is 1. The minimum absolute atomic E-state index is 0.210. The van der Waals surface area contributed by atoms with Gasteiger partial charge >= 0.3 is 0 Å². The third kappa shape index (κ3) is 5.94. The Labute approximate surface area is 229 Å². The summed E-state index contributed by atoms with van der Waals surface area (Å²) in [4.78, 5) is 18.9. The number of benzene rings is 2. The van der Waals surface area contributed by atoms with Gasteiger partial charge in [0.05, 0.1) is 24.2 Å². The van der Waals surface area contributed by atoms with E-state index in [1.54, 1.807) is 25.4 Å². The lowest BCUT2D eigenvalue weighted by Gasteiger charge is -2.29. The molecular weight excluding hydrogens is 493 g/mol. The molecule has 39 heavy (non-hydrogen) atoms. The van der Waals surface area contributed by atoms with Crippen molar-refractivity contribution in [1.29, 1.82) is 0 Å². The highest BCUT2D eigenvalue weighted by Gasteiger charge is 2.32. The predicted octanol–water partition coefficient (Wildman–Crippen LogP) is 4.75. The number of para-hydroxylation sites is 1. The molecule has 4 aromatic rings. The highest BCUT2D eigenvalue weighted by molar-refractivity contribution is 5.78. The highest BCUT2D eigenvalue weighted by Crippen LogP contribution is 2.39. The number of hydrogen-bond acceptors (Lipinski definition) is 7. The van der Waals surface area contributed by atoms with Crippen molar-refractivity contribution in [2.45, 2.75) is 25.4 Å². The quantitative estimate of drug-likeness (QED) is 0.301. The lowest BCUT2D eigenvalue weighted by Crippen LogP contribution is -2.35. The number of likely N-dealkylation sites (N-methyl/N-ethyl adjacent to an activating group) is 1. The molecule has 1 aliphatic rings. The van der Waals surface area contributed by atoms with Crippen molar-refractivity contribution in [3.8, 4) is 28.4 Å². The lowest BCUT2D eigenvalue weighted by molar-refractivity contribution is 0.203.